The van der Waals surface area contributed by atoms with Gasteiger partial charge in [-0.3, -0.25) is 4.79 Å². The van der Waals surface area contributed by atoms with Crippen molar-refractivity contribution in [2.45, 2.75) is 39.8 Å². The Hall–Kier alpha value is -2.13. The highest BCUT2D eigenvalue weighted by Crippen LogP contribution is 2.24. The zero-order valence-electron chi connectivity index (χ0n) is 14.0. The SMILES string of the molecule is Cc1ccccc1-c1cccc(CN[C@@H](CC(C)C)C(=O)O)c1. The molecule has 0 amide bonds. The van der Waals surface area contributed by atoms with Crippen molar-refractivity contribution < 1.29 is 9.90 Å². The molecule has 2 aromatic carbocycles. The molecule has 2 rings (SSSR count). The average molecular weight is 311 g/mol. The van der Waals surface area contributed by atoms with Crippen LogP contribution in [0, 0.1) is 12.8 Å². The van der Waals surface area contributed by atoms with Crippen molar-refractivity contribution in [2.75, 3.05) is 0 Å². The van der Waals surface area contributed by atoms with Crippen molar-refractivity contribution in [2.24, 2.45) is 5.92 Å². The van der Waals surface area contributed by atoms with Crippen LogP contribution in [0.25, 0.3) is 11.1 Å². The summed E-state index contributed by atoms with van der Waals surface area (Å²) in [5, 5.41) is 12.5. The van der Waals surface area contributed by atoms with Gasteiger partial charge in [-0.15, -0.1) is 0 Å². The molecular formula is C20H25NO2. The Balaban J connectivity index is 2.11. The van der Waals surface area contributed by atoms with E-state index >= 15 is 0 Å². The van der Waals surface area contributed by atoms with Crippen LogP contribution in [0.2, 0.25) is 0 Å². The summed E-state index contributed by atoms with van der Waals surface area (Å²) in [5.41, 5.74) is 4.71. The molecule has 0 heterocycles. The van der Waals surface area contributed by atoms with Gasteiger partial charge in [0.2, 0.25) is 0 Å². The number of hydrogen-bond acceptors (Lipinski definition) is 2. The Morgan fingerprint density at radius 3 is 2.52 bits per heavy atom. The van der Waals surface area contributed by atoms with E-state index in [0.717, 1.165) is 11.1 Å². The molecule has 0 aliphatic carbocycles. The first-order valence-corrected chi connectivity index (χ1v) is 8.08. The van der Waals surface area contributed by atoms with Gasteiger partial charge in [-0.25, -0.2) is 0 Å². The van der Waals surface area contributed by atoms with Gasteiger partial charge >= 0.3 is 5.97 Å². The largest absolute Gasteiger partial charge is 0.480 e. The zero-order valence-corrected chi connectivity index (χ0v) is 14.0. The standard InChI is InChI=1S/C20H25NO2/c1-14(2)11-19(20(22)23)21-13-16-8-6-9-17(12-16)18-10-5-4-7-15(18)3/h4-10,12,14,19,21H,11,13H2,1-3H3,(H,22,23)/t19-/m0/s1. The Bertz CT molecular complexity index is 664. The Morgan fingerprint density at radius 1 is 1.13 bits per heavy atom. The minimum Gasteiger partial charge on any atom is -0.480 e. The van der Waals surface area contributed by atoms with Crippen molar-refractivity contribution in [3.8, 4) is 11.1 Å². The first kappa shape index (κ1) is 17.2. The maximum atomic E-state index is 11.3. The van der Waals surface area contributed by atoms with Gasteiger partial charge in [-0.2, -0.15) is 0 Å². The first-order chi connectivity index (χ1) is 11.0. The number of rotatable bonds is 7. The molecule has 0 spiro atoms. The third-order valence-corrected chi connectivity index (χ3v) is 3.94. The van der Waals surface area contributed by atoms with Gasteiger partial charge < -0.3 is 10.4 Å². The Morgan fingerprint density at radius 2 is 1.87 bits per heavy atom. The van der Waals surface area contributed by atoms with E-state index in [4.69, 9.17) is 0 Å². The highest BCUT2D eigenvalue weighted by molar-refractivity contribution is 5.73. The minimum absolute atomic E-state index is 0.349. The molecule has 0 saturated heterocycles. The summed E-state index contributed by atoms with van der Waals surface area (Å²) in [5.74, 6) is -0.435. The molecule has 0 saturated carbocycles. The number of carbonyl (C=O) groups is 1. The fraction of sp³-hybridized carbons (Fsp3) is 0.350. The predicted octanol–water partition coefficient (Wildman–Crippen LogP) is 4.25. The molecule has 122 valence electrons. The quantitative estimate of drug-likeness (QED) is 0.803. The number of carboxylic acids is 1. The molecule has 0 aliphatic rings. The summed E-state index contributed by atoms with van der Waals surface area (Å²) >= 11 is 0. The molecular weight excluding hydrogens is 286 g/mol. The number of aryl methyl sites for hydroxylation is 1. The van der Waals surface area contributed by atoms with E-state index in [9.17, 15) is 9.90 Å². The third kappa shape index (κ3) is 4.93. The summed E-state index contributed by atoms with van der Waals surface area (Å²) in [4.78, 5) is 11.3. The van der Waals surface area contributed by atoms with E-state index in [-0.39, 0.29) is 0 Å². The Labute approximate surface area is 138 Å². The van der Waals surface area contributed by atoms with Crippen LogP contribution in [0.4, 0.5) is 0 Å². The number of carboxylic acid groups (broad SMARTS) is 1. The molecule has 2 aromatic rings. The van der Waals surface area contributed by atoms with Crippen molar-refractivity contribution in [3.63, 3.8) is 0 Å². The van der Waals surface area contributed by atoms with Crippen molar-refractivity contribution in [1.29, 1.82) is 0 Å². The molecule has 3 nitrogen and oxygen atoms in total. The van der Waals surface area contributed by atoms with E-state index in [1.807, 2.05) is 38.1 Å². The van der Waals surface area contributed by atoms with Crippen LogP contribution in [0.5, 0.6) is 0 Å². The van der Waals surface area contributed by atoms with Gasteiger partial charge in [-0.05, 0) is 47.6 Å². The molecule has 0 aromatic heterocycles. The molecule has 0 bridgehead atoms. The lowest BCUT2D eigenvalue weighted by atomic mass is 9.98. The van der Waals surface area contributed by atoms with Crippen molar-refractivity contribution in [3.05, 3.63) is 59.7 Å². The average Bonchev–Trinajstić information content (AvgIpc) is 2.51. The smallest absolute Gasteiger partial charge is 0.320 e. The van der Waals surface area contributed by atoms with Crippen LogP contribution in [0.3, 0.4) is 0 Å². The first-order valence-electron chi connectivity index (χ1n) is 8.08. The zero-order chi connectivity index (χ0) is 16.8. The van der Waals surface area contributed by atoms with Gasteiger partial charge in [0, 0.05) is 6.54 Å². The lowest BCUT2D eigenvalue weighted by Crippen LogP contribution is -2.37. The van der Waals surface area contributed by atoms with Gasteiger partial charge in [0.25, 0.3) is 0 Å². The highest BCUT2D eigenvalue weighted by Gasteiger charge is 2.17. The second-order valence-electron chi connectivity index (χ2n) is 6.42. The van der Waals surface area contributed by atoms with Gasteiger partial charge in [-0.1, -0.05) is 56.3 Å². The maximum Gasteiger partial charge on any atom is 0.320 e. The fourth-order valence-electron chi connectivity index (χ4n) is 2.73. The minimum atomic E-state index is -0.784. The van der Waals surface area contributed by atoms with E-state index in [2.05, 4.69) is 36.5 Å². The molecule has 2 N–H and O–H groups in total. The van der Waals surface area contributed by atoms with Crippen molar-refractivity contribution >= 4 is 5.97 Å². The topological polar surface area (TPSA) is 49.3 Å². The van der Waals surface area contributed by atoms with Crippen LogP contribution >= 0.6 is 0 Å². The maximum absolute atomic E-state index is 11.3. The molecule has 0 unspecified atom stereocenters. The second kappa shape index (κ2) is 7.93. The number of hydrogen-bond donors (Lipinski definition) is 2. The summed E-state index contributed by atoms with van der Waals surface area (Å²) in [6, 6.07) is 16.1. The highest BCUT2D eigenvalue weighted by atomic mass is 16.4. The number of benzene rings is 2. The third-order valence-electron chi connectivity index (χ3n) is 3.94. The molecule has 1 atom stereocenters. The number of aliphatic carboxylic acids is 1. The van der Waals surface area contributed by atoms with Gasteiger partial charge in [0.15, 0.2) is 0 Å². The lowest BCUT2D eigenvalue weighted by Gasteiger charge is -2.17. The summed E-state index contributed by atoms with van der Waals surface area (Å²) in [7, 11) is 0. The molecule has 0 fully saturated rings. The normalized spacial score (nSPS) is 12.3. The van der Waals surface area contributed by atoms with Gasteiger partial charge in [0.05, 0.1) is 0 Å². The predicted molar refractivity (Wildman–Crippen MR) is 94.3 cm³/mol. The van der Waals surface area contributed by atoms with Crippen LogP contribution in [-0.4, -0.2) is 17.1 Å². The summed E-state index contributed by atoms with van der Waals surface area (Å²) in [6.45, 7) is 6.74. The molecule has 0 aliphatic heterocycles. The van der Waals surface area contributed by atoms with Crippen LogP contribution in [-0.2, 0) is 11.3 Å². The van der Waals surface area contributed by atoms with Crippen molar-refractivity contribution in [1.82, 2.24) is 5.32 Å². The fourth-order valence-corrected chi connectivity index (χ4v) is 2.73. The van der Waals surface area contributed by atoms with Crippen LogP contribution in [0.1, 0.15) is 31.4 Å². The summed E-state index contributed by atoms with van der Waals surface area (Å²) in [6.07, 6.45) is 0.632. The summed E-state index contributed by atoms with van der Waals surface area (Å²) < 4.78 is 0. The van der Waals surface area contributed by atoms with Crippen LogP contribution in [0.15, 0.2) is 48.5 Å². The second-order valence-corrected chi connectivity index (χ2v) is 6.42. The van der Waals surface area contributed by atoms with E-state index in [0.29, 0.717) is 18.9 Å². The Kier molecular flexibility index (Phi) is 5.94. The van der Waals surface area contributed by atoms with Crippen LogP contribution < -0.4 is 5.32 Å². The number of nitrogens with one attached hydrogen (secondary N) is 1. The lowest BCUT2D eigenvalue weighted by molar-refractivity contribution is -0.140. The molecule has 3 heteroatoms. The van der Waals surface area contributed by atoms with Gasteiger partial charge in [0.1, 0.15) is 6.04 Å². The van der Waals surface area contributed by atoms with E-state index < -0.39 is 12.0 Å². The monoisotopic (exact) mass is 311 g/mol. The van der Waals surface area contributed by atoms with E-state index in [1.165, 1.54) is 11.1 Å². The molecule has 23 heavy (non-hydrogen) atoms. The van der Waals surface area contributed by atoms with E-state index in [1.54, 1.807) is 0 Å². The molecule has 0 radical (unpaired) electrons.